The van der Waals surface area contributed by atoms with Gasteiger partial charge >= 0.3 is 13.9 Å². The Morgan fingerprint density at radius 1 is 0.935 bits per heavy atom. The number of nitrogens with zero attached hydrogens (tertiary/aromatic N) is 4. The lowest BCUT2D eigenvalue weighted by Gasteiger charge is -2.55. The summed E-state index contributed by atoms with van der Waals surface area (Å²) in [5.41, 5.74) is 2.49. The third-order valence-corrected chi connectivity index (χ3v) is 8.66. The van der Waals surface area contributed by atoms with Crippen molar-refractivity contribution in [3.8, 4) is 5.75 Å². The van der Waals surface area contributed by atoms with E-state index < -0.39 is 26.1 Å². The molecule has 15 heteroatoms. The van der Waals surface area contributed by atoms with Crippen LogP contribution in [0.15, 0.2) is 97.6 Å². The van der Waals surface area contributed by atoms with Crippen LogP contribution in [0.25, 0.3) is 0 Å². The highest BCUT2D eigenvalue weighted by Crippen LogP contribution is 2.45. The molecule has 2 atom stereocenters. The fourth-order valence-corrected chi connectivity index (χ4v) is 6.12. The van der Waals surface area contributed by atoms with Crippen LogP contribution in [0.2, 0.25) is 0 Å². The molecule has 2 aliphatic heterocycles. The smallest absolute Gasteiger partial charge is 0.402 e. The zero-order valence-electron chi connectivity index (χ0n) is 25.0. The minimum absolute atomic E-state index is 0.0944. The second kappa shape index (κ2) is 14.7. The predicted octanol–water partition coefficient (Wildman–Crippen LogP) is 2.69. The number of benzene rings is 3. The van der Waals surface area contributed by atoms with Gasteiger partial charge < -0.3 is 19.6 Å². The van der Waals surface area contributed by atoms with Gasteiger partial charge in [0.15, 0.2) is 0 Å². The van der Waals surface area contributed by atoms with Crippen molar-refractivity contribution >= 4 is 25.7 Å². The summed E-state index contributed by atoms with van der Waals surface area (Å²) in [6.45, 7) is 4.61. The summed E-state index contributed by atoms with van der Waals surface area (Å²) in [6.07, 6.45) is 0.966. The number of carbonyl (C=O) groups excluding carboxylic acids is 3. The van der Waals surface area contributed by atoms with E-state index in [4.69, 9.17) is 16.3 Å². The van der Waals surface area contributed by atoms with Crippen LogP contribution in [0.5, 0.6) is 5.75 Å². The molecule has 0 saturated carbocycles. The minimum Gasteiger partial charge on any atom is -0.402 e. The third kappa shape index (κ3) is 7.45. The number of fused-ring (bicyclic) bond motifs is 1. The molecule has 2 aliphatic rings. The molecule has 3 aromatic carbocycles. The number of urea groups is 1. The fourth-order valence-electron chi connectivity index (χ4n) is 5.61. The van der Waals surface area contributed by atoms with Crippen LogP contribution >= 0.6 is 7.82 Å². The van der Waals surface area contributed by atoms with E-state index in [2.05, 4.69) is 21.1 Å². The van der Waals surface area contributed by atoms with E-state index in [-0.39, 0.29) is 56.7 Å². The van der Waals surface area contributed by atoms with Crippen molar-refractivity contribution in [2.45, 2.75) is 31.7 Å². The molecule has 3 aromatic rings. The molecule has 0 unspecified atom stereocenters. The molecular formula is C31H36N7O7P. The van der Waals surface area contributed by atoms with E-state index in [1.165, 1.54) is 22.0 Å². The van der Waals surface area contributed by atoms with Crippen molar-refractivity contribution in [2.24, 2.45) is 11.8 Å². The maximum atomic E-state index is 14.1. The van der Waals surface area contributed by atoms with Crippen LogP contribution in [0.3, 0.4) is 0 Å². The standard InChI is InChI=1S/C31H36N7O7P/c1-2-17-36-22-29(39)37-27(18-23-13-15-26(16-14-23)43-46(42,44-32)45-33)30(40)35(20-25-11-7-4-8-12-25)21-28(37)38(36)31(41)34-19-24-9-5-3-6-10-24/h2-16,27-28H,1,17-22,32-33H2,(H,34,41)/t27-,28-/m0/s1. The summed E-state index contributed by atoms with van der Waals surface area (Å²) < 4.78 is 25.8. The highest BCUT2D eigenvalue weighted by Gasteiger charge is 2.51. The molecule has 0 aromatic heterocycles. The van der Waals surface area contributed by atoms with E-state index in [9.17, 15) is 18.9 Å². The Kier molecular flexibility index (Phi) is 10.5. The predicted molar refractivity (Wildman–Crippen MR) is 167 cm³/mol. The first kappa shape index (κ1) is 32.8. The Labute approximate surface area is 266 Å². The lowest BCUT2D eigenvalue weighted by Crippen LogP contribution is -2.76. The molecule has 4 amide bonds. The van der Waals surface area contributed by atoms with Crippen LogP contribution in [0.4, 0.5) is 4.79 Å². The van der Waals surface area contributed by atoms with E-state index in [0.29, 0.717) is 5.56 Å². The first-order chi connectivity index (χ1) is 22.2. The molecule has 14 nitrogen and oxygen atoms in total. The molecule has 0 aliphatic carbocycles. The fraction of sp³-hybridized carbons (Fsp3) is 0.258. The van der Waals surface area contributed by atoms with Crippen LogP contribution in [-0.2, 0) is 42.9 Å². The second-order valence-corrected chi connectivity index (χ2v) is 12.2. The summed E-state index contributed by atoms with van der Waals surface area (Å²) in [6, 6.07) is 23.9. The Morgan fingerprint density at radius 3 is 2.17 bits per heavy atom. The third-order valence-electron chi connectivity index (χ3n) is 7.71. The Morgan fingerprint density at radius 2 is 1.57 bits per heavy atom. The lowest BCUT2D eigenvalue weighted by molar-refractivity contribution is -0.189. The van der Waals surface area contributed by atoms with Gasteiger partial charge in [0.1, 0.15) is 18.0 Å². The molecule has 0 spiro atoms. The maximum absolute atomic E-state index is 14.1. The highest BCUT2D eigenvalue weighted by molar-refractivity contribution is 7.48. The molecule has 2 fully saturated rings. The maximum Gasteiger partial charge on any atom is 0.563 e. The van der Waals surface area contributed by atoms with Gasteiger partial charge in [0.2, 0.25) is 11.8 Å². The van der Waals surface area contributed by atoms with E-state index in [0.717, 1.165) is 11.1 Å². The average molecular weight is 650 g/mol. The molecule has 5 N–H and O–H groups in total. The van der Waals surface area contributed by atoms with Crippen LogP contribution in [0, 0.1) is 0 Å². The summed E-state index contributed by atoms with van der Waals surface area (Å²) in [7, 11) is -4.20. The second-order valence-electron chi connectivity index (χ2n) is 10.7. The summed E-state index contributed by atoms with van der Waals surface area (Å²) in [4.78, 5) is 44.9. The zero-order chi connectivity index (χ0) is 32.7. The number of phosphoric acid groups is 1. The number of nitrogens with one attached hydrogen (secondary N) is 1. The number of rotatable bonds is 12. The van der Waals surface area contributed by atoms with Gasteiger partial charge in [-0.05, 0) is 28.8 Å². The quantitative estimate of drug-likeness (QED) is 0.150. The largest absolute Gasteiger partial charge is 0.563 e. The topological polar surface area (TPSA) is 173 Å². The number of hydrogen-bond acceptors (Lipinski definition) is 10. The number of nitrogens with two attached hydrogens (primary N) is 2. The summed E-state index contributed by atoms with van der Waals surface area (Å²) in [5, 5.41) is 6.15. The molecule has 0 bridgehead atoms. The number of piperazine rings is 1. The van der Waals surface area contributed by atoms with E-state index >= 15 is 0 Å². The molecule has 2 heterocycles. The van der Waals surface area contributed by atoms with Gasteiger partial charge in [0.05, 0.1) is 13.1 Å². The van der Waals surface area contributed by atoms with Crippen molar-refractivity contribution in [3.63, 3.8) is 0 Å². The number of carbonyl (C=O) groups is 3. The van der Waals surface area contributed by atoms with Crippen molar-refractivity contribution in [1.82, 2.24) is 25.1 Å². The number of hydrazine groups is 1. The van der Waals surface area contributed by atoms with Crippen LogP contribution in [-0.4, -0.2) is 69.5 Å². The SMILES string of the molecule is C=CCN1CC(=O)N2[C@@H](Cc3ccc(OP(=O)(ON)ON)cc3)C(=O)N(Cc3ccccc3)C[C@@H]2N1C(=O)NCc1ccccc1. The van der Waals surface area contributed by atoms with Gasteiger partial charge in [0.25, 0.3) is 0 Å². The number of amides is 4. The minimum atomic E-state index is -4.20. The lowest BCUT2D eigenvalue weighted by atomic mass is 9.98. The number of hydrogen-bond donors (Lipinski definition) is 3. The van der Waals surface area contributed by atoms with Crippen molar-refractivity contribution in [1.29, 1.82) is 0 Å². The summed E-state index contributed by atoms with van der Waals surface area (Å²) >= 11 is 0. The first-order valence-corrected chi connectivity index (χ1v) is 16.0. The normalized spacial score (nSPS) is 18.7. The Bertz CT molecular complexity index is 1570. The first-order valence-electron chi connectivity index (χ1n) is 14.5. The summed E-state index contributed by atoms with van der Waals surface area (Å²) in [5.74, 6) is 9.49. The van der Waals surface area contributed by atoms with Crippen molar-refractivity contribution < 1.29 is 32.7 Å². The van der Waals surface area contributed by atoms with Gasteiger partial charge in [-0.3, -0.25) is 9.59 Å². The monoisotopic (exact) mass is 649 g/mol. The van der Waals surface area contributed by atoms with Gasteiger partial charge in [-0.15, -0.1) is 6.58 Å². The molecular weight excluding hydrogens is 613 g/mol. The van der Waals surface area contributed by atoms with Gasteiger partial charge in [0, 0.05) is 26.1 Å². The Hall–Kier alpha value is -4.56. The van der Waals surface area contributed by atoms with Gasteiger partial charge in [-0.25, -0.2) is 31.2 Å². The molecule has 242 valence electrons. The highest BCUT2D eigenvalue weighted by atomic mass is 31.2. The van der Waals surface area contributed by atoms with Gasteiger partial charge in [-0.1, -0.05) is 78.9 Å². The van der Waals surface area contributed by atoms with Crippen molar-refractivity contribution in [2.75, 3.05) is 19.6 Å². The van der Waals surface area contributed by atoms with Crippen LogP contribution in [0.1, 0.15) is 16.7 Å². The Balaban J connectivity index is 1.46. The molecule has 2 saturated heterocycles. The van der Waals surface area contributed by atoms with Crippen molar-refractivity contribution in [3.05, 3.63) is 114 Å². The zero-order valence-corrected chi connectivity index (χ0v) is 25.9. The van der Waals surface area contributed by atoms with Crippen LogP contribution < -0.4 is 21.6 Å². The molecule has 46 heavy (non-hydrogen) atoms. The molecule has 0 radical (unpaired) electrons. The van der Waals surface area contributed by atoms with E-state index in [1.807, 2.05) is 60.7 Å². The molecule has 5 rings (SSSR count). The average Bonchev–Trinajstić information content (AvgIpc) is 3.07. The van der Waals surface area contributed by atoms with E-state index in [1.54, 1.807) is 28.1 Å². The van der Waals surface area contributed by atoms with Gasteiger partial charge in [-0.2, -0.15) is 9.25 Å².